The van der Waals surface area contributed by atoms with E-state index in [-0.39, 0.29) is 38.4 Å². The lowest BCUT2D eigenvalue weighted by Gasteiger charge is -2.25. The Balaban J connectivity index is 2.12. The SMILES string of the molecule is CCOCCC(=O)C(Cc1ccccc1)NC(=O)[C@H](COC)NC(=O)[C@H](COC)NC(=O)c1cnc(C)s1. The third kappa shape index (κ3) is 10.3. The maximum Gasteiger partial charge on any atom is 0.263 e. The van der Waals surface area contributed by atoms with Crippen molar-refractivity contribution in [3.8, 4) is 0 Å². The summed E-state index contributed by atoms with van der Waals surface area (Å²) in [6.07, 6.45) is 1.83. The van der Waals surface area contributed by atoms with Crippen LogP contribution in [-0.2, 0) is 35.0 Å². The minimum atomic E-state index is -1.12. The number of thiazole rings is 1. The van der Waals surface area contributed by atoms with Crippen LogP contribution < -0.4 is 16.0 Å². The van der Waals surface area contributed by atoms with E-state index in [0.717, 1.165) is 5.56 Å². The second-order valence-electron chi connectivity index (χ2n) is 8.41. The zero-order valence-electron chi connectivity index (χ0n) is 22.2. The van der Waals surface area contributed by atoms with Gasteiger partial charge in [0.2, 0.25) is 11.8 Å². The maximum atomic E-state index is 13.2. The molecule has 3 amide bonds. The summed E-state index contributed by atoms with van der Waals surface area (Å²) in [4.78, 5) is 56.1. The monoisotopic (exact) mass is 548 g/mol. The molecule has 1 aromatic carbocycles. The molecule has 0 spiro atoms. The van der Waals surface area contributed by atoms with Gasteiger partial charge in [0.25, 0.3) is 5.91 Å². The van der Waals surface area contributed by atoms with Gasteiger partial charge < -0.3 is 30.2 Å². The number of hydrogen-bond donors (Lipinski definition) is 3. The first kappa shape index (κ1) is 31.0. The summed E-state index contributed by atoms with van der Waals surface area (Å²) in [5.41, 5.74) is 0.871. The van der Waals surface area contributed by atoms with Gasteiger partial charge in [-0.25, -0.2) is 4.98 Å². The van der Waals surface area contributed by atoms with E-state index in [9.17, 15) is 19.2 Å². The molecule has 0 radical (unpaired) electrons. The molecule has 0 aliphatic carbocycles. The highest BCUT2D eigenvalue weighted by atomic mass is 32.1. The number of aryl methyl sites for hydroxylation is 1. The van der Waals surface area contributed by atoms with Gasteiger partial charge in [0.15, 0.2) is 5.78 Å². The summed E-state index contributed by atoms with van der Waals surface area (Å²) in [5, 5.41) is 8.68. The number of amides is 3. The van der Waals surface area contributed by atoms with Gasteiger partial charge in [-0.2, -0.15) is 0 Å². The van der Waals surface area contributed by atoms with Crippen LogP contribution in [-0.4, -0.2) is 87.3 Å². The zero-order valence-corrected chi connectivity index (χ0v) is 23.0. The molecule has 3 atom stereocenters. The van der Waals surface area contributed by atoms with Crippen LogP contribution in [0.1, 0.15) is 33.6 Å². The van der Waals surface area contributed by atoms with Gasteiger partial charge in [0.1, 0.15) is 17.0 Å². The minimum absolute atomic E-state index is 0.122. The second-order valence-corrected chi connectivity index (χ2v) is 9.64. The van der Waals surface area contributed by atoms with Crippen LogP contribution in [0.15, 0.2) is 36.5 Å². The molecule has 38 heavy (non-hydrogen) atoms. The molecule has 1 unspecified atom stereocenters. The van der Waals surface area contributed by atoms with Crippen LogP contribution in [0.4, 0.5) is 0 Å². The first-order valence-corrected chi connectivity index (χ1v) is 13.1. The van der Waals surface area contributed by atoms with Gasteiger partial charge in [-0.1, -0.05) is 30.3 Å². The third-order valence-corrected chi connectivity index (χ3v) is 6.36. The van der Waals surface area contributed by atoms with Crippen molar-refractivity contribution in [1.29, 1.82) is 0 Å². The molecule has 0 aliphatic rings. The lowest BCUT2D eigenvalue weighted by Crippen LogP contribution is -2.58. The molecule has 2 rings (SSSR count). The van der Waals surface area contributed by atoms with E-state index in [1.54, 1.807) is 6.92 Å². The Kier molecular flexibility index (Phi) is 13.6. The van der Waals surface area contributed by atoms with Crippen LogP contribution >= 0.6 is 11.3 Å². The molecule has 0 fully saturated rings. The van der Waals surface area contributed by atoms with Crippen LogP contribution in [0.3, 0.4) is 0 Å². The predicted octanol–water partition coefficient (Wildman–Crippen LogP) is 1.05. The largest absolute Gasteiger partial charge is 0.382 e. The third-order valence-electron chi connectivity index (χ3n) is 5.45. The first-order valence-electron chi connectivity index (χ1n) is 12.2. The van der Waals surface area contributed by atoms with Crippen molar-refractivity contribution in [3.63, 3.8) is 0 Å². The smallest absolute Gasteiger partial charge is 0.263 e. The number of methoxy groups -OCH3 is 2. The van der Waals surface area contributed by atoms with Gasteiger partial charge in [-0.3, -0.25) is 19.2 Å². The van der Waals surface area contributed by atoms with E-state index in [1.807, 2.05) is 37.3 Å². The van der Waals surface area contributed by atoms with Gasteiger partial charge in [0, 0.05) is 27.2 Å². The van der Waals surface area contributed by atoms with Crippen molar-refractivity contribution < 1.29 is 33.4 Å². The van der Waals surface area contributed by atoms with Gasteiger partial charge in [0.05, 0.1) is 37.1 Å². The summed E-state index contributed by atoms with van der Waals surface area (Å²) in [6, 6.07) is 6.28. The van der Waals surface area contributed by atoms with Crippen molar-refractivity contribution in [2.24, 2.45) is 0 Å². The van der Waals surface area contributed by atoms with Crippen molar-refractivity contribution in [2.45, 2.75) is 44.8 Å². The molecule has 0 bridgehead atoms. The standard InChI is InChI=1S/C26H36N4O7S/c1-5-37-12-11-22(31)19(13-18-9-7-6-8-10-18)28-24(32)20(15-35-3)29-25(33)21(16-36-4)30-26(34)23-14-27-17(2)38-23/h6-10,14,19-21H,5,11-13,15-16H2,1-4H3,(H,28,32)(H,29,33)(H,30,34)/t19?,20-,21-/m0/s1. The number of Topliss-reactive ketones (excluding diaryl/α,β-unsaturated/α-hetero) is 1. The fourth-order valence-electron chi connectivity index (χ4n) is 3.53. The Labute approximate surface area is 226 Å². The molecular formula is C26H36N4O7S. The summed E-state index contributed by atoms with van der Waals surface area (Å²) in [6.45, 7) is 4.05. The molecule has 0 saturated carbocycles. The molecular weight excluding hydrogens is 512 g/mol. The van der Waals surface area contributed by atoms with E-state index in [0.29, 0.717) is 16.5 Å². The molecule has 0 saturated heterocycles. The van der Waals surface area contributed by atoms with Crippen LogP contribution in [0.25, 0.3) is 0 Å². The molecule has 11 nitrogen and oxygen atoms in total. The van der Waals surface area contributed by atoms with E-state index in [4.69, 9.17) is 14.2 Å². The number of rotatable bonds is 17. The molecule has 3 N–H and O–H groups in total. The number of ether oxygens (including phenoxy) is 3. The number of benzene rings is 1. The Morgan fingerprint density at radius 3 is 2.08 bits per heavy atom. The van der Waals surface area contributed by atoms with Gasteiger partial charge in [-0.15, -0.1) is 11.3 Å². The van der Waals surface area contributed by atoms with Crippen molar-refractivity contribution in [3.05, 3.63) is 52.0 Å². The minimum Gasteiger partial charge on any atom is -0.382 e. The average molecular weight is 549 g/mol. The Morgan fingerprint density at radius 2 is 1.53 bits per heavy atom. The maximum absolute atomic E-state index is 13.2. The Morgan fingerprint density at radius 1 is 0.921 bits per heavy atom. The highest BCUT2D eigenvalue weighted by molar-refractivity contribution is 7.13. The highest BCUT2D eigenvalue weighted by Crippen LogP contribution is 2.11. The van der Waals surface area contributed by atoms with Crippen molar-refractivity contribution in [2.75, 3.05) is 40.6 Å². The van der Waals surface area contributed by atoms with Crippen molar-refractivity contribution in [1.82, 2.24) is 20.9 Å². The summed E-state index contributed by atoms with van der Waals surface area (Å²) < 4.78 is 15.6. The zero-order chi connectivity index (χ0) is 27.9. The molecule has 1 heterocycles. The summed E-state index contributed by atoms with van der Waals surface area (Å²) >= 11 is 1.19. The fourth-order valence-corrected chi connectivity index (χ4v) is 4.21. The first-order chi connectivity index (χ1) is 18.3. The van der Waals surface area contributed by atoms with Crippen molar-refractivity contribution >= 4 is 34.8 Å². The average Bonchev–Trinajstić information content (AvgIpc) is 3.34. The van der Waals surface area contributed by atoms with Gasteiger partial charge in [-0.05, 0) is 25.8 Å². The molecule has 0 aliphatic heterocycles. The van der Waals surface area contributed by atoms with E-state index < -0.39 is 35.8 Å². The second kappa shape index (κ2) is 16.6. The van der Waals surface area contributed by atoms with Crippen LogP contribution in [0, 0.1) is 6.92 Å². The lowest BCUT2D eigenvalue weighted by atomic mass is 10.00. The number of nitrogens with one attached hydrogen (secondary N) is 3. The Bertz CT molecular complexity index is 1050. The topological polar surface area (TPSA) is 145 Å². The molecule has 1 aromatic heterocycles. The fraction of sp³-hybridized carbons (Fsp3) is 0.500. The van der Waals surface area contributed by atoms with E-state index >= 15 is 0 Å². The normalized spacial score (nSPS) is 13.3. The van der Waals surface area contributed by atoms with Crippen LogP contribution in [0.2, 0.25) is 0 Å². The summed E-state index contributed by atoms with van der Waals surface area (Å²) in [5.74, 6) is -1.90. The quantitative estimate of drug-likeness (QED) is 0.249. The number of hydrogen-bond acceptors (Lipinski definition) is 9. The Hall–Kier alpha value is -3.19. The molecule has 2 aromatic rings. The lowest BCUT2D eigenvalue weighted by molar-refractivity contribution is -0.133. The number of nitrogens with zero attached hydrogens (tertiary/aromatic N) is 1. The molecule has 208 valence electrons. The van der Waals surface area contributed by atoms with Crippen LogP contribution in [0.5, 0.6) is 0 Å². The summed E-state index contributed by atoms with van der Waals surface area (Å²) in [7, 11) is 2.78. The van der Waals surface area contributed by atoms with E-state index in [1.165, 1.54) is 31.8 Å². The highest BCUT2D eigenvalue weighted by Gasteiger charge is 2.30. The molecule has 12 heteroatoms. The number of carbonyl (C=O) groups excluding carboxylic acids is 4. The van der Waals surface area contributed by atoms with Gasteiger partial charge >= 0.3 is 0 Å². The predicted molar refractivity (Wildman–Crippen MR) is 142 cm³/mol. The number of ketones is 1. The number of carbonyl (C=O) groups is 4. The van der Waals surface area contributed by atoms with E-state index in [2.05, 4.69) is 20.9 Å². The number of aromatic nitrogens is 1.